The number of piperidine rings is 1. The van der Waals surface area contributed by atoms with Gasteiger partial charge in [0.2, 0.25) is 6.79 Å². The lowest BCUT2D eigenvalue weighted by Gasteiger charge is -2.35. The third-order valence-corrected chi connectivity index (χ3v) is 4.72. The van der Waals surface area contributed by atoms with Gasteiger partial charge in [0.1, 0.15) is 0 Å². The Hall–Kier alpha value is -1.50. The molecule has 0 aliphatic carbocycles. The van der Waals surface area contributed by atoms with Gasteiger partial charge in [0, 0.05) is 30.9 Å². The molecule has 2 saturated heterocycles. The largest absolute Gasteiger partial charge is 0.454 e. The summed E-state index contributed by atoms with van der Waals surface area (Å²) in [6, 6.07) is 6.67. The number of fused-ring (bicyclic) bond motifs is 1. The van der Waals surface area contributed by atoms with Crippen LogP contribution in [-0.2, 0) is 4.74 Å². The third-order valence-electron chi connectivity index (χ3n) is 4.72. The molecule has 22 heavy (non-hydrogen) atoms. The lowest BCUT2D eigenvalue weighted by atomic mass is 10.0. The Morgan fingerprint density at radius 1 is 1.09 bits per heavy atom. The van der Waals surface area contributed by atoms with E-state index in [1.807, 2.05) is 6.07 Å². The molecular weight excluding hydrogens is 284 g/mol. The fourth-order valence-corrected chi connectivity index (χ4v) is 3.39. The van der Waals surface area contributed by atoms with Gasteiger partial charge in [0.05, 0.1) is 25.4 Å². The molecule has 4 rings (SSSR count). The highest BCUT2D eigenvalue weighted by Gasteiger charge is 2.30. The van der Waals surface area contributed by atoms with Crippen LogP contribution in [0.1, 0.15) is 12.8 Å². The van der Waals surface area contributed by atoms with E-state index in [-0.39, 0.29) is 12.1 Å². The minimum atomic E-state index is -0.369. The summed E-state index contributed by atoms with van der Waals surface area (Å²) in [5.41, 5.74) is 1.19. The van der Waals surface area contributed by atoms with E-state index in [1.165, 1.54) is 5.69 Å². The van der Waals surface area contributed by atoms with Crippen molar-refractivity contribution in [3.05, 3.63) is 18.2 Å². The topological polar surface area (TPSA) is 63.2 Å². The summed E-state index contributed by atoms with van der Waals surface area (Å²) in [6.07, 6.45) is 1.77. The van der Waals surface area contributed by atoms with E-state index in [9.17, 15) is 5.11 Å². The first-order valence-corrected chi connectivity index (χ1v) is 7.96. The van der Waals surface area contributed by atoms with E-state index < -0.39 is 0 Å². The van der Waals surface area contributed by atoms with Gasteiger partial charge in [-0.15, -0.1) is 0 Å². The van der Waals surface area contributed by atoms with Crippen molar-refractivity contribution in [1.29, 1.82) is 0 Å². The van der Waals surface area contributed by atoms with Gasteiger partial charge < -0.3 is 29.5 Å². The second-order valence-corrected chi connectivity index (χ2v) is 6.18. The molecule has 0 unspecified atom stereocenters. The second-order valence-electron chi connectivity index (χ2n) is 6.18. The number of aliphatic hydroxyl groups excluding tert-OH is 1. The maximum absolute atomic E-state index is 9.82. The molecular formula is C16H22N2O4. The maximum Gasteiger partial charge on any atom is 0.231 e. The number of hydrogen-bond acceptors (Lipinski definition) is 6. The van der Waals surface area contributed by atoms with Crippen molar-refractivity contribution in [2.75, 3.05) is 38.0 Å². The van der Waals surface area contributed by atoms with Gasteiger partial charge in [-0.2, -0.15) is 0 Å². The molecule has 0 aromatic heterocycles. The van der Waals surface area contributed by atoms with Crippen molar-refractivity contribution in [2.24, 2.45) is 0 Å². The Labute approximate surface area is 130 Å². The molecule has 6 heteroatoms. The van der Waals surface area contributed by atoms with Crippen LogP contribution >= 0.6 is 0 Å². The summed E-state index contributed by atoms with van der Waals surface area (Å²) in [4.78, 5) is 2.38. The maximum atomic E-state index is 9.82. The number of rotatable bonds is 3. The van der Waals surface area contributed by atoms with Gasteiger partial charge in [-0.3, -0.25) is 0 Å². The number of benzene rings is 1. The molecule has 3 aliphatic rings. The van der Waals surface area contributed by atoms with Gasteiger partial charge in [0.15, 0.2) is 11.5 Å². The molecule has 3 aliphatic heterocycles. The molecule has 1 aromatic carbocycles. The minimum absolute atomic E-state index is 0.0853. The number of aliphatic hydroxyl groups is 1. The van der Waals surface area contributed by atoms with Crippen molar-refractivity contribution < 1.29 is 19.3 Å². The van der Waals surface area contributed by atoms with E-state index in [0.717, 1.165) is 37.4 Å². The van der Waals surface area contributed by atoms with Crippen LogP contribution in [0.4, 0.5) is 5.69 Å². The van der Waals surface area contributed by atoms with Gasteiger partial charge in [0.25, 0.3) is 0 Å². The highest BCUT2D eigenvalue weighted by Crippen LogP contribution is 2.36. The Bertz CT molecular complexity index is 531. The Morgan fingerprint density at radius 2 is 1.91 bits per heavy atom. The van der Waals surface area contributed by atoms with Crippen molar-refractivity contribution in [2.45, 2.75) is 31.0 Å². The standard InChI is InChI=1S/C16H22N2O4/c19-14-9-20-8-13(14)17-11-3-5-18(6-4-11)12-1-2-15-16(7-12)22-10-21-15/h1-2,7,11,13-14,17,19H,3-6,8-10H2/t13-,14-/m0/s1. The lowest BCUT2D eigenvalue weighted by molar-refractivity contribution is 0.120. The zero-order valence-corrected chi connectivity index (χ0v) is 12.5. The Kier molecular flexibility index (Phi) is 3.82. The zero-order chi connectivity index (χ0) is 14.9. The van der Waals surface area contributed by atoms with Gasteiger partial charge >= 0.3 is 0 Å². The average molecular weight is 306 g/mol. The Morgan fingerprint density at radius 3 is 2.68 bits per heavy atom. The van der Waals surface area contributed by atoms with E-state index in [4.69, 9.17) is 14.2 Å². The molecule has 0 saturated carbocycles. The van der Waals surface area contributed by atoms with Crippen molar-refractivity contribution >= 4 is 5.69 Å². The van der Waals surface area contributed by atoms with Crippen LogP contribution in [-0.4, -0.2) is 56.4 Å². The van der Waals surface area contributed by atoms with Gasteiger partial charge in [-0.1, -0.05) is 0 Å². The summed E-state index contributed by atoms with van der Waals surface area (Å²) in [5.74, 6) is 1.67. The van der Waals surface area contributed by atoms with Gasteiger partial charge in [-0.05, 0) is 25.0 Å². The summed E-state index contributed by atoms with van der Waals surface area (Å²) in [6.45, 7) is 3.38. The molecule has 1 aromatic rings. The summed E-state index contributed by atoms with van der Waals surface area (Å²) < 4.78 is 16.1. The van der Waals surface area contributed by atoms with Crippen LogP contribution in [0.5, 0.6) is 11.5 Å². The lowest BCUT2D eigenvalue weighted by Crippen LogP contribution is -2.49. The third kappa shape index (κ3) is 2.74. The number of hydrogen-bond donors (Lipinski definition) is 2. The fraction of sp³-hybridized carbons (Fsp3) is 0.625. The average Bonchev–Trinajstić information content (AvgIpc) is 3.17. The molecule has 0 bridgehead atoms. The van der Waals surface area contributed by atoms with E-state index in [2.05, 4.69) is 22.3 Å². The smallest absolute Gasteiger partial charge is 0.231 e. The monoisotopic (exact) mass is 306 g/mol. The first-order valence-electron chi connectivity index (χ1n) is 7.96. The molecule has 2 N–H and O–H groups in total. The predicted octanol–water partition coefficient (Wildman–Crippen LogP) is 0.733. The van der Waals surface area contributed by atoms with Crippen molar-refractivity contribution in [3.8, 4) is 11.5 Å². The van der Waals surface area contributed by atoms with Crippen LogP contribution in [0, 0.1) is 0 Å². The highest BCUT2D eigenvalue weighted by atomic mass is 16.7. The van der Waals surface area contributed by atoms with Crippen LogP contribution in [0.15, 0.2) is 18.2 Å². The zero-order valence-electron chi connectivity index (χ0n) is 12.5. The molecule has 2 atom stereocenters. The van der Waals surface area contributed by atoms with E-state index in [0.29, 0.717) is 26.0 Å². The quantitative estimate of drug-likeness (QED) is 0.858. The second kappa shape index (κ2) is 5.95. The number of anilines is 1. The normalized spacial score (nSPS) is 28.3. The summed E-state index contributed by atoms with van der Waals surface area (Å²) in [5, 5.41) is 13.4. The summed E-state index contributed by atoms with van der Waals surface area (Å²) in [7, 11) is 0. The number of ether oxygens (including phenoxy) is 3. The van der Waals surface area contributed by atoms with E-state index >= 15 is 0 Å². The first-order chi connectivity index (χ1) is 10.8. The van der Waals surface area contributed by atoms with Crippen LogP contribution in [0.3, 0.4) is 0 Å². The molecule has 0 radical (unpaired) electrons. The molecule has 0 amide bonds. The van der Waals surface area contributed by atoms with Gasteiger partial charge in [-0.25, -0.2) is 0 Å². The fourth-order valence-electron chi connectivity index (χ4n) is 3.39. The van der Waals surface area contributed by atoms with Crippen molar-refractivity contribution in [1.82, 2.24) is 5.32 Å². The predicted molar refractivity (Wildman–Crippen MR) is 81.5 cm³/mol. The highest BCUT2D eigenvalue weighted by molar-refractivity contribution is 5.57. The summed E-state index contributed by atoms with van der Waals surface area (Å²) >= 11 is 0. The molecule has 2 fully saturated rings. The molecule has 3 heterocycles. The van der Waals surface area contributed by atoms with Crippen molar-refractivity contribution in [3.63, 3.8) is 0 Å². The minimum Gasteiger partial charge on any atom is -0.454 e. The first kappa shape index (κ1) is 14.1. The number of nitrogens with one attached hydrogen (secondary N) is 1. The van der Waals surface area contributed by atoms with Crippen LogP contribution in [0.2, 0.25) is 0 Å². The molecule has 6 nitrogen and oxygen atoms in total. The van der Waals surface area contributed by atoms with Crippen LogP contribution in [0.25, 0.3) is 0 Å². The van der Waals surface area contributed by atoms with E-state index in [1.54, 1.807) is 0 Å². The van der Waals surface area contributed by atoms with Crippen LogP contribution < -0.4 is 19.7 Å². The molecule has 0 spiro atoms. The SMILES string of the molecule is O[C@H]1COC[C@@H]1NC1CCN(c2ccc3c(c2)OCO3)CC1. The molecule has 120 valence electrons. The number of nitrogens with zero attached hydrogens (tertiary/aromatic N) is 1. The Balaban J connectivity index is 1.33.